The number of methoxy groups -OCH3 is 1. The van der Waals surface area contributed by atoms with Crippen LogP contribution in [0.5, 0.6) is 11.5 Å². The van der Waals surface area contributed by atoms with Crippen molar-refractivity contribution in [3.8, 4) is 11.5 Å². The minimum Gasteiger partial charge on any atom is -0.493 e. The van der Waals surface area contributed by atoms with Gasteiger partial charge in [0.25, 0.3) is 5.91 Å². The second kappa shape index (κ2) is 9.52. The Labute approximate surface area is 191 Å². The molecule has 0 radical (unpaired) electrons. The van der Waals surface area contributed by atoms with Gasteiger partial charge in [0.05, 0.1) is 33.4 Å². The standard InChI is InChI=1S/C21H19IN2O5S/c1-4-29-18-15(22)9-12(10-16(18)28-3)11-17-19(25)24(2)21(30-17)23-14-7-5-13(6-8-14)20(26)27/h5-11H,4H2,1-3H3,(H,26,27). The second-order valence-electron chi connectivity index (χ2n) is 6.19. The largest absolute Gasteiger partial charge is 0.493 e. The van der Waals surface area contributed by atoms with Gasteiger partial charge in [-0.05, 0) is 89.3 Å². The molecule has 0 bridgehead atoms. The molecule has 7 nitrogen and oxygen atoms in total. The number of halogens is 1. The van der Waals surface area contributed by atoms with Crippen molar-refractivity contribution in [1.82, 2.24) is 4.90 Å². The van der Waals surface area contributed by atoms with E-state index in [0.29, 0.717) is 33.9 Å². The Morgan fingerprint density at radius 2 is 2.00 bits per heavy atom. The molecular weight excluding hydrogens is 519 g/mol. The minimum absolute atomic E-state index is 0.163. The maximum Gasteiger partial charge on any atom is 0.335 e. The number of aromatic carboxylic acids is 1. The lowest BCUT2D eigenvalue weighted by Gasteiger charge is -2.12. The van der Waals surface area contributed by atoms with E-state index in [0.717, 1.165) is 9.13 Å². The fourth-order valence-corrected chi connectivity index (χ4v) is 4.47. The molecule has 9 heteroatoms. The van der Waals surface area contributed by atoms with Crippen molar-refractivity contribution < 1.29 is 24.2 Å². The van der Waals surface area contributed by atoms with Crippen molar-refractivity contribution in [3.63, 3.8) is 0 Å². The summed E-state index contributed by atoms with van der Waals surface area (Å²) in [6, 6.07) is 9.93. The SMILES string of the molecule is CCOc1c(I)cc(C=C2SC(=Nc3ccc(C(=O)O)cc3)N(C)C2=O)cc1OC. The van der Waals surface area contributed by atoms with E-state index in [4.69, 9.17) is 14.6 Å². The van der Waals surface area contributed by atoms with E-state index < -0.39 is 5.97 Å². The van der Waals surface area contributed by atoms with Crippen LogP contribution in [-0.2, 0) is 4.79 Å². The van der Waals surface area contributed by atoms with Gasteiger partial charge in [0.15, 0.2) is 16.7 Å². The third-order valence-electron chi connectivity index (χ3n) is 4.18. The molecule has 0 spiro atoms. The van der Waals surface area contributed by atoms with Crippen LogP contribution in [0.3, 0.4) is 0 Å². The summed E-state index contributed by atoms with van der Waals surface area (Å²) in [4.78, 5) is 30.1. The number of nitrogens with zero attached hydrogens (tertiary/aromatic N) is 2. The van der Waals surface area contributed by atoms with E-state index in [-0.39, 0.29) is 11.5 Å². The molecule has 0 aliphatic carbocycles. The molecule has 1 heterocycles. The molecule has 30 heavy (non-hydrogen) atoms. The number of carboxylic acid groups (broad SMARTS) is 1. The van der Waals surface area contributed by atoms with E-state index >= 15 is 0 Å². The van der Waals surface area contributed by atoms with Crippen LogP contribution in [0.2, 0.25) is 0 Å². The van der Waals surface area contributed by atoms with Gasteiger partial charge in [-0.3, -0.25) is 9.69 Å². The first-order valence-corrected chi connectivity index (χ1v) is 10.8. The molecule has 2 aromatic carbocycles. The lowest BCUT2D eigenvalue weighted by atomic mass is 10.2. The lowest BCUT2D eigenvalue weighted by molar-refractivity contribution is -0.121. The summed E-state index contributed by atoms with van der Waals surface area (Å²) in [5.74, 6) is 0.121. The topological polar surface area (TPSA) is 88.4 Å². The molecule has 1 amide bonds. The molecule has 156 valence electrons. The third-order valence-corrected chi connectivity index (χ3v) is 6.04. The van der Waals surface area contributed by atoms with Gasteiger partial charge in [0, 0.05) is 7.05 Å². The number of benzene rings is 2. The molecule has 1 fully saturated rings. The average Bonchev–Trinajstić information content (AvgIpc) is 2.98. The number of thioether (sulfide) groups is 1. The van der Waals surface area contributed by atoms with Gasteiger partial charge in [-0.2, -0.15) is 0 Å². The van der Waals surface area contributed by atoms with E-state index in [9.17, 15) is 9.59 Å². The molecule has 1 saturated heterocycles. The smallest absolute Gasteiger partial charge is 0.335 e. The molecule has 0 saturated carbocycles. The number of amidine groups is 1. The van der Waals surface area contributed by atoms with Gasteiger partial charge in [0.2, 0.25) is 0 Å². The monoisotopic (exact) mass is 538 g/mol. The zero-order valence-electron chi connectivity index (χ0n) is 16.5. The van der Waals surface area contributed by atoms with Gasteiger partial charge in [0.1, 0.15) is 0 Å². The predicted octanol–water partition coefficient (Wildman–Crippen LogP) is 4.63. The Morgan fingerprint density at radius 3 is 2.60 bits per heavy atom. The van der Waals surface area contributed by atoms with Gasteiger partial charge in [-0.25, -0.2) is 9.79 Å². The summed E-state index contributed by atoms with van der Waals surface area (Å²) < 4.78 is 12.0. The van der Waals surface area contributed by atoms with E-state index in [1.807, 2.05) is 19.1 Å². The van der Waals surface area contributed by atoms with Crippen molar-refractivity contribution in [2.75, 3.05) is 20.8 Å². The molecule has 0 atom stereocenters. The van der Waals surface area contributed by atoms with Crippen LogP contribution in [0.1, 0.15) is 22.8 Å². The zero-order chi connectivity index (χ0) is 21.8. The fourth-order valence-electron chi connectivity index (χ4n) is 2.70. The number of aliphatic imine (C=N–C) groups is 1. The van der Waals surface area contributed by atoms with Crippen molar-refractivity contribution >= 4 is 63.2 Å². The summed E-state index contributed by atoms with van der Waals surface area (Å²) in [6.45, 7) is 2.43. The summed E-state index contributed by atoms with van der Waals surface area (Å²) in [7, 11) is 3.23. The molecule has 0 aromatic heterocycles. The van der Waals surface area contributed by atoms with E-state index in [2.05, 4.69) is 27.6 Å². The van der Waals surface area contributed by atoms with Crippen LogP contribution in [0, 0.1) is 3.57 Å². The Hall–Kier alpha value is -2.53. The average molecular weight is 538 g/mol. The van der Waals surface area contributed by atoms with Crippen LogP contribution >= 0.6 is 34.4 Å². The normalized spacial score (nSPS) is 16.4. The van der Waals surface area contributed by atoms with Crippen LogP contribution in [0.15, 0.2) is 46.3 Å². The van der Waals surface area contributed by atoms with Crippen molar-refractivity contribution in [2.24, 2.45) is 4.99 Å². The van der Waals surface area contributed by atoms with Gasteiger partial charge >= 0.3 is 5.97 Å². The van der Waals surface area contributed by atoms with Crippen LogP contribution in [0.25, 0.3) is 6.08 Å². The van der Waals surface area contributed by atoms with Gasteiger partial charge in [-0.1, -0.05) is 0 Å². The minimum atomic E-state index is -0.998. The predicted molar refractivity (Wildman–Crippen MR) is 126 cm³/mol. The lowest BCUT2D eigenvalue weighted by Crippen LogP contribution is -2.23. The number of carbonyl (C=O) groups excluding carboxylic acids is 1. The summed E-state index contributed by atoms with van der Waals surface area (Å²) >= 11 is 3.44. The number of hydrogen-bond donors (Lipinski definition) is 1. The highest BCUT2D eigenvalue weighted by molar-refractivity contribution is 14.1. The third kappa shape index (κ3) is 4.78. The molecule has 3 rings (SSSR count). The van der Waals surface area contributed by atoms with Crippen molar-refractivity contribution in [2.45, 2.75) is 6.92 Å². The molecule has 1 aliphatic heterocycles. The van der Waals surface area contributed by atoms with E-state index in [1.165, 1.54) is 28.8 Å². The first-order chi connectivity index (χ1) is 14.3. The van der Waals surface area contributed by atoms with Crippen LogP contribution < -0.4 is 9.47 Å². The number of ether oxygens (including phenoxy) is 2. The quantitative estimate of drug-likeness (QED) is 0.427. The zero-order valence-corrected chi connectivity index (χ0v) is 19.5. The highest BCUT2D eigenvalue weighted by Crippen LogP contribution is 2.37. The molecule has 1 N–H and O–H groups in total. The fraction of sp³-hybridized carbons (Fsp3) is 0.190. The Kier molecular flexibility index (Phi) is 7.03. The van der Waals surface area contributed by atoms with Crippen LogP contribution in [0.4, 0.5) is 5.69 Å². The highest BCUT2D eigenvalue weighted by Gasteiger charge is 2.30. The number of amides is 1. The molecule has 1 aliphatic rings. The van der Waals surface area contributed by atoms with Gasteiger partial charge < -0.3 is 14.6 Å². The highest BCUT2D eigenvalue weighted by atomic mass is 127. The van der Waals surface area contributed by atoms with Gasteiger partial charge in [-0.15, -0.1) is 0 Å². The van der Waals surface area contributed by atoms with Crippen molar-refractivity contribution in [1.29, 1.82) is 0 Å². The summed E-state index contributed by atoms with van der Waals surface area (Å²) in [5, 5.41) is 9.51. The van der Waals surface area contributed by atoms with E-state index in [1.54, 1.807) is 32.4 Å². The molecule has 0 unspecified atom stereocenters. The number of carbonyl (C=O) groups is 2. The Morgan fingerprint density at radius 1 is 1.30 bits per heavy atom. The number of carboxylic acids is 1. The first-order valence-electron chi connectivity index (χ1n) is 8.94. The first kappa shape index (κ1) is 22.2. The van der Waals surface area contributed by atoms with Crippen LogP contribution in [-0.4, -0.2) is 47.8 Å². The number of rotatable bonds is 6. The molecular formula is C21H19IN2O5S. The summed E-state index contributed by atoms with van der Waals surface area (Å²) in [5.41, 5.74) is 1.57. The number of hydrogen-bond acceptors (Lipinski definition) is 6. The summed E-state index contributed by atoms with van der Waals surface area (Å²) in [6.07, 6.45) is 1.79. The maximum absolute atomic E-state index is 12.7. The second-order valence-corrected chi connectivity index (χ2v) is 8.36. The molecule has 2 aromatic rings. The van der Waals surface area contributed by atoms with Crippen molar-refractivity contribution in [3.05, 3.63) is 56.0 Å². The maximum atomic E-state index is 12.7. The number of likely N-dealkylation sites (N-methyl/N-ethyl adjacent to an activating group) is 1. The Bertz CT molecular complexity index is 1050. The Balaban J connectivity index is 1.89.